The molecule has 1 atom stereocenters. The Kier molecular flexibility index (Phi) is 3.90. The lowest BCUT2D eigenvalue weighted by Gasteiger charge is -2.37. The van der Waals surface area contributed by atoms with E-state index < -0.39 is 5.60 Å². The molecule has 0 spiro atoms. The molecule has 0 aliphatic carbocycles. The first-order valence-electron chi connectivity index (χ1n) is 9.22. The van der Waals surface area contributed by atoms with Gasteiger partial charge in [0.15, 0.2) is 0 Å². The number of hydrogen-bond donors (Lipinski definition) is 1. The fraction of sp³-hybridized carbons (Fsp3) is 0.429. The number of ether oxygens (including phenoxy) is 1. The first-order chi connectivity index (χ1) is 12.3. The summed E-state index contributed by atoms with van der Waals surface area (Å²) in [6, 6.07) is 9.77. The second-order valence-electron chi connectivity index (χ2n) is 8.07. The largest absolute Gasteiger partial charge is 0.444 e. The van der Waals surface area contributed by atoms with Gasteiger partial charge in [0.25, 0.3) is 5.91 Å². The van der Waals surface area contributed by atoms with E-state index in [1.54, 1.807) is 0 Å². The normalized spacial score (nSPS) is 19.6. The van der Waals surface area contributed by atoms with Crippen LogP contribution in [0.15, 0.2) is 30.3 Å². The number of nitrogens with one attached hydrogen (secondary N) is 1. The second kappa shape index (κ2) is 6.01. The van der Waals surface area contributed by atoms with E-state index in [2.05, 4.69) is 5.32 Å². The minimum absolute atomic E-state index is 0.0291. The van der Waals surface area contributed by atoms with Crippen LogP contribution in [0.5, 0.6) is 0 Å². The molecule has 2 amide bonds. The third-order valence-corrected chi connectivity index (χ3v) is 5.06. The van der Waals surface area contributed by atoms with Crippen molar-refractivity contribution in [3.8, 4) is 0 Å². The van der Waals surface area contributed by atoms with Crippen molar-refractivity contribution >= 4 is 28.5 Å². The summed E-state index contributed by atoms with van der Waals surface area (Å²) in [5.74, 6) is -0.0598. The first kappa shape index (κ1) is 16.9. The lowest BCUT2D eigenvalue weighted by atomic mass is 9.90. The maximum Gasteiger partial charge on any atom is 0.410 e. The molecule has 0 bridgehead atoms. The van der Waals surface area contributed by atoms with Gasteiger partial charge in [0.1, 0.15) is 5.60 Å². The maximum atomic E-state index is 12.8. The summed E-state index contributed by atoms with van der Waals surface area (Å²) in [5, 5.41) is 4.93. The summed E-state index contributed by atoms with van der Waals surface area (Å²) in [4.78, 5) is 26.8. The molecule has 1 N–H and O–H groups in total. The van der Waals surface area contributed by atoms with Gasteiger partial charge in [-0.3, -0.25) is 4.79 Å². The highest BCUT2D eigenvalue weighted by molar-refractivity contribution is 6.24. The Morgan fingerprint density at radius 1 is 1.19 bits per heavy atom. The zero-order chi connectivity index (χ0) is 18.5. The topological polar surface area (TPSA) is 58.6 Å². The van der Waals surface area contributed by atoms with E-state index in [1.165, 1.54) is 0 Å². The molecule has 5 nitrogen and oxygen atoms in total. The summed E-state index contributed by atoms with van der Waals surface area (Å²) in [7, 11) is 0. The van der Waals surface area contributed by atoms with Crippen molar-refractivity contribution in [1.82, 2.24) is 4.90 Å². The van der Waals surface area contributed by atoms with Crippen LogP contribution in [-0.4, -0.2) is 29.0 Å². The van der Waals surface area contributed by atoms with E-state index >= 15 is 0 Å². The van der Waals surface area contributed by atoms with Crippen LogP contribution < -0.4 is 5.32 Å². The molecule has 0 aromatic heterocycles. The van der Waals surface area contributed by atoms with Crippen LogP contribution in [-0.2, 0) is 4.74 Å². The molecule has 0 radical (unpaired) electrons. The van der Waals surface area contributed by atoms with E-state index in [-0.39, 0.29) is 18.0 Å². The Morgan fingerprint density at radius 2 is 2.00 bits per heavy atom. The molecular formula is C21H24N2O3. The van der Waals surface area contributed by atoms with E-state index in [9.17, 15) is 9.59 Å². The highest BCUT2D eigenvalue weighted by atomic mass is 16.6. The summed E-state index contributed by atoms with van der Waals surface area (Å²) in [6.45, 7) is 6.36. The molecule has 2 aromatic rings. The number of rotatable bonds is 1. The number of carbonyl (C=O) groups excluding carboxylic acids is 2. The Bertz CT molecular complexity index is 898. The summed E-state index contributed by atoms with van der Waals surface area (Å²) < 4.78 is 5.64. The van der Waals surface area contributed by atoms with E-state index in [0.29, 0.717) is 12.1 Å². The lowest BCUT2D eigenvalue weighted by Crippen LogP contribution is -2.41. The first-order valence-corrected chi connectivity index (χ1v) is 9.22. The Balaban J connectivity index is 1.77. The van der Waals surface area contributed by atoms with Gasteiger partial charge in [0.05, 0.1) is 6.04 Å². The van der Waals surface area contributed by atoms with Gasteiger partial charge in [0, 0.05) is 23.2 Å². The second-order valence-corrected chi connectivity index (χ2v) is 8.07. The number of piperidine rings is 1. The molecule has 2 aromatic carbocycles. The quantitative estimate of drug-likeness (QED) is 0.797. The molecule has 1 unspecified atom stereocenters. The standard InChI is InChI=1S/C21H24N2O3/c1-21(2,3)26-20(25)23-12-5-4-9-17(23)13-10-11-16-18-14(13)7-6-8-15(18)19(24)22-16/h6-8,10-11,17H,4-5,9,12H2,1-3H3,(H,22,24). The van der Waals surface area contributed by atoms with E-state index in [1.807, 2.05) is 56.0 Å². The highest BCUT2D eigenvalue weighted by Crippen LogP contribution is 2.41. The third kappa shape index (κ3) is 2.81. The van der Waals surface area contributed by atoms with Gasteiger partial charge in [-0.1, -0.05) is 18.2 Å². The van der Waals surface area contributed by atoms with Crippen molar-refractivity contribution in [2.24, 2.45) is 0 Å². The minimum atomic E-state index is -0.516. The molecule has 26 heavy (non-hydrogen) atoms. The van der Waals surface area contributed by atoms with Gasteiger partial charge in [-0.2, -0.15) is 0 Å². The number of nitrogens with zero attached hydrogens (tertiary/aromatic N) is 1. The van der Waals surface area contributed by atoms with Gasteiger partial charge >= 0.3 is 6.09 Å². The fourth-order valence-corrected chi connectivity index (χ4v) is 4.00. The molecule has 2 heterocycles. The van der Waals surface area contributed by atoms with Crippen LogP contribution in [0, 0.1) is 0 Å². The van der Waals surface area contributed by atoms with Gasteiger partial charge < -0.3 is 15.0 Å². The lowest BCUT2D eigenvalue weighted by molar-refractivity contribution is 0.00968. The van der Waals surface area contributed by atoms with Crippen molar-refractivity contribution in [3.63, 3.8) is 0 Å². The number of likely N-dealkylation sites (tertiary alicyclic amines) is 1. The highest BCUT2D eigenvalue weighted by Gasteiger charge is 2.33. The Labute approximate surface area is 153 Å². The SMILES string of the molecule is CC(C)(C)OC(=O)N1CCCCC1c1ccc2c3c(cccc13)C(=O)N2. The monoisotopic (exact) mass is 352 g/mol. The number of anilines is 1. The van der Waals surface area contributed by atoms with Crippen molar-refractivity contribution in [2.45, 2.75) is 51.7 Å². The third-order valence-electron chi connectivity index (χ3n) is 5.06. The van der Waals surface area contributed by atoms with Crippen LogP contribution in [0.3, 0.4) is 0 Å². The molecule has 5 heteroatoms. The van der Waals surface area contributed by atoms with Crippen molar-refractivity contribution in [2.75, 3.05) is 11.9 Å². The average molecular weight is 352 g/mol. The summed E-state index contributed by atoms with van der Waals surface area (Å²) in [5.41, 5.74) is 2.13. The zero-order valence-corrected chi connectivity index (χ0v) is 15.5. The van der Waals surface area contributed by atoms with Crippen LogP contribution in [0.2, 0.25) is 0 Å². The van der Waals surface area contributed by atoms with Crippen molar-refractivity contribution in [3.05, 3.63) is 41.5 Å². The number of amides is 2. The smallest absolute Gasteiger partial charge is 0.410 e. The van der Waals surface area contributed by atoms with E-state index in [0.717, 1.165) is 41.3 Å². The molecule has 1 saturated heterocycles. The number of benzene rings is 2. The Morgan fingerprint density at radius 3 is 2.77 bits per heavy atom. The zero-order valence-electron chi connectivity index (χ0n) is 15.5. The number of hydrogen-bond acceptors (Lipinski definition) is 3. The Hall–Kier alpha value is -2.56. The molecule has 136 valence electrons. The van der Waals surface area contributed by atoms with Gasteiger partial charge in [0.2, 0.25) is 0 Å². The van der Waals surface area contributed by atoms with Crippen LogP contribution in [0.4, 0.5) is 10.5 Å². The van der Waals surface area contributed by atoms with Gasteiger partial charge in [-0.25, -0.2) is 4.79 Å². The maximum absolute atomic E-state index is 12.8. The molecular weight excluding hydrogens is 328 g/mol. The molecule has 1 fully saturated rings. The van der Waals surface area contributed by atoms with Crippen LogP contribution in [0.1, 0.15) is 62.0 Å². The molecule has 2 aliphatic heterocycles. The van der Waals surface area contributed by atoms with Crippen LogP contribution >= 0.6 is 0 Å². The van der Waals surface area contributed by atoms with E-state index in [4.69, 9.17) is 4.74 Å². The van der Waals surface area contributed by atoms with Crippen LogP contribution in [0.25, 0.3) is 10.8 Å². The predicted molar refractivity (Wildman–Crippen MR) is 101 cm³/mol. The van der Waals surface area contributed by atoms with Crippen molar-refractivity contribution in [1.29, 1.82) is 0 Å². The van der Waals surface area contributed by atoms with Gasteiger partial charge in [-0.15, -0.1) is 0 Å². The predicted octanol–water partition coefficient (Wildman–Crippen LogP) is 4.87. The van der Waals surface area contributed by atoms with Gasteiger partial charge in [-0.05, 0) is 63.1 Å². The summed E-state index contributed by atoms with van der Waals surface area (Å²) >= 11 is 0. The average Bonchev–Trinajstić information content (AvgIpc) is 2.92. The molecule has 4 rings (SSSR count). The van der Waals surface area contributed by atoms with Crippen molar-refractivity contribution < 1.29 is 14.3 Å². The molecule has 0 saturated carbocycles. The number of carbonyl (C=O) groups is 2. The minimum Gasteiger partial charge on any atom is -0.444 e. The fourth-order valence-electron chi connectivity index (χ4n) is 4.00. The molecule has 2 aliphatic rings. The summed E-state index contributed by atoms with van der Waals surface area (Å²) in [6.07, 6.45) is 2.69.